The first-order valence-electron chi connectivity index (χ1n) is 5.42. The number of pyridine rings is 1. The van der Waals surface area contributed by atoms with E-state index in [-0.39, 0.29) is 17.3 Å². The number of nitrogens with zero attached hydrogens (tertiary/aromatic N) is 2. The zero-order valence-electron chi connectivity index (χ0n) is 9.83. The highest BCUT2D eigenvalue weighted by Crippen LogP contribution is 2.29. The van der Waals surface area contributed by atoms with Crippen LogP contribution in [0.4, 0.5) is 10.8 Å². The molecule has 2 aromatic heterocycles. The molecule has 0 radical (unpaired) electrons. The second kappa shape index (κ2) is 5.63. The van der Waals surface area contributed by atoms with Crippen molar-refractivity contribution in [1.29, 1.82) is 0 Å². The maximum absolute atomic E-state index is 10.9. The van der Waals surface area contributed by atoms with Gasteiger partial charge in [-0.1, -0.05) is 11.3 Å². The van der Waals surface area contributed by atoms with Gasteiger partial charge in [-0.15, -0.1) is 0 Å². The van der Waals surface area contributed by atoms with Crippen molar-refractivity contribution in [2.24, 2.45) is 0 Å². The summed E-state index contributed by atoms with van der Waals surface area (Å²) in [6.45, 7) is 0.439. The highest BCUT2D eigenvalue weighted by molar-refractivity contribution is 7.19. The van der Waals surface area contributed by atoms with Crippen molar-refractivity contribution < 1.29 is 15.0 Å². The molecule has 0 spiro atoms. The number of aliphatic hydroxyl groups is 1. The summed E-state index contributed by atoms with van der Waals surface area (Å²) in [7, 11) is 0. The maximum Gasteiger partial charge on any atom is 0.357 e. The number of aromatic carboxylic acids is 1. The smallest absolute Gasteiger partial charge is 0.357 e. The number of carbonyl (C=O) groups is 1. The van der Waals surface area contributed by atoms with Gasteiger partial charge in [0.05, 0.1) is 6.61 Å². The summed E-state index contributed by atoms with van der Waals surface area (Å²) in [6.07, 6.45) is 1.57. The van der Waals surface area contributed by atoms with E-state index in [2.05, 4.69) is 15.3 Å². The minimum atomic E-state index is -1.14. The van der Waals surface area contributed by atoms with E-state index in [0.29, 0.717) is 22.9 Å². The van der Waals surface area contributed by atoms with E-state index < -0.39 is 5.97 Å². The molecule has 2 rings (SSSR count). The number of aromatic nitrogens is 2. The predicted molar refractivity (Wildman–Crippen MR) is 72.3 cm³/mol. The molecule has 0 fully saturated rings. The van der Waals surface area contributed by atoms with Crippen LogP contribution < -0.4 is 11.1 Å². The Morgan fingerprint density at radius 1 is 1.47 bits per heavy atom. The van der Waals surface area contributed by atoms with E-state index in [1.807, 2.05) is 0 Å². The lowest BCUT2D eigenvalue weighted by Gasteiger charge is -2.03. The van der Waals surface area contributed by atoms with Gasteiger partial charge in [0.25, 0.3) is 0 Å². The van der Waals surface area contributed by atoms with Crippen LogP contribution in [0, 0.1) is 0 Å². The van der Waals surface area contributed by atoms with Crippen LogP contribution in [-0.4, -0.2) is 39.3 Å². The average Bonchev–Trinajstić information content (AvgIpc) is 2.79. The van der Waals surface area contributed by atoms with Crippen LogP contribution in [0.3, 0.4) is 0 Å². The van der Waals surface area contributed by atoms with Crippen molar-refractivity contribution in [3.63, 3.8) is 0 Å². The quantitative estimate of drug-likeness (QED) is 0.641. The molecule has 0 bridgehead atoms. The zero-order valence-corrected chi connectivity index (χ0v) is 10.6. The fourth-order valence-corrected chi connectivity index (χ4v) is 2.23. The molecule has 0 amide bonds. The van der Waals surface area contributed by atoms with E-state index in [4.69, 9.17) is 15.9 Å². The number of nitrogens with two attached hydrogens (primary N) is 1. The molecule has 2 aromatic rings. The SMILES string of the molecule is Nc1sc(-c2ccc(NCCO)nc2)nc1C(=O)O. The van der Waals surface area contributed by atoms with Gasteiger partial charge < -0.3 is 21.3 Å². The molecule has 0 aliphatic carbocycles. The molecule has 0 aromatic carbocycles. The topological polar surface area (TPSA) is 121 Å². The van der Waals surface area contributed by atoms with Crippen LogP contribution in [0.15, 0.2) is 18.3 Å². The maximum atomic E-state index is 10.9. The van der Waals surface area contributed by atoms with Crippen LogP contribution in [0.25, 0.3) is 10.6 Å². The minimum absolute atomic E-state index is 0.0222. The molecular weight excluding hydrogens is 268 g/mol. The predicted octanol–water partition coefficient (Wildman–Crippen LogP) is 0.890. The van der Waals surface area contributed by atoms with Gasteiger partial charge in [-0.25, -0.2) is 14.8 Å². The van der Waals surface area contributed by atoms with Crippen molar-refractivity contribution in [1.82, 2.24) is 9.97 Å². The standard InChI is InChI=1S/C11H12N4O3S/c12-9-8(11(17)18)15-10(19-9)6-1-2-7(14-5-6)13-3-4-16/h1-2,5,16H,3-4,12H2,(H,13,14)(H,17,18). The van der Waals surface area contributed by atoms with E-state index in [1.54, 1.807) is 18.3 Å². The van der Waals surface area contributed by atoms with Crippen LogP contribution in [0.5, 0.6) is 0 Å². The molecule has 7 nitrogen and oxygen atoms in total. The normalized spacial score (nSPS) is 10.4. The summed E-state index contributed by atoms with van der Waals surface area (Å²) in [6, 6.07) is 3.49. The van der Waals surface area contributed by atoms with E-state index in [0.717, 1.165) is 11.3 Å². The number of aliphatic hydroxyl groups excluding tert-OH is 1. The third-order valence-corrected chi connectivity index (χ3v) is 3.22. The number of rotatable bonds is 5. The van der Waals surface area contributed by atoms with Crippen molar-refractivity contribution in [3.05, 3.63) is 24.0 Å². The number of hydrogen-bond acceptors (Lipinski definition) is 7. The fraction of sp³-hybridized carbons (Fsp3) is 0.182. The fourth-order valence-electron chi connectivity index (χ4n) is 1.42. The number of hydrogen-bond donors (Lipinski definition) is 4. The molecule has 100 valence electrons. The van der Waals surface area contributed by atoms with Crippen molar-refractivity contribution in [2.45, 2.75) is 0 Å². The molecule has 5 N–H and O–H groups in total. The Bertz CT molecular complexity index is 582. The minimum Gasteiger partial charge on any atom is -0.476 e. The molecule has 0 saturated carbocycles. The van der Waals surface area contributed by atoms with Crippen LogP contribution >= 0.6 is 11.3 Å². The number of anilines is 2. The Morgan fingerprint density at radius 2 is 2.26 bits per heavy atom. The Kier molecular flexibility index (Phi) is 3.93. The summed E-state index contributed by atoms with van der Waals surface area (Å²) >= 11 is 1.10. The molecule has 0 unspecified atom stereocenters. The first-order valence-corrected chi connectivity index (χ1v) is 6.24. The van der Waals surface area contributed by atoms with Gasteiger partial charge in [0, 0.05) is 18.3 Å². The molecule has 8 heteroatoms. The lowest BCUT2D eigenvalue weighted by atomic mass is 10.3. The van der Waals surface area contributed by atoms with Gasteiger partial charge in [-0.3, -0.25) is 0 Å². The second-order valence-electron chi connectivity index (χ2n) is 3.62. The first kappa shape index (κ1) is 13.2. The molecular formula is C11H12N4O3S. The van der Waals surface area contributed by atoms with E-state index >= 15 is 0 Å². The van der Waals surface area contributed by atoms with Gasteiger partial charge in [0.1, 0.15) is 15.8 Å². The Morgan fingerprint density at radius 3 is 2.79 bits per heavy atom. The Hall–Kier alpha value is -2.19. The number of carboxylic acid groups (broad SMARTS) is 1. The monoisotopic (exact) mass is 280 g/mol. The molecule has 0 aliphatic heterocycles. The number of thiazole rings is 1. The highest BCUT2D eigenvalue weighted by atomic mass is 32.1. The summed E-state index contributed by atoms with van der Waals surface area (Å²) in [5.41, 5.74) is 6.15. The summed E-state index contributed by atoms with van der Waals surface area (Å²) < 4.78 is 0. The van der Waals surface area contributed by atoms with E-state index in [9.17, 15) is 4.79 Å². The lowest BCUT2D eigenvalue weighted by molar-refractivity contribution is 0.0692. The highest BCUT2D eigenvalue weighted by Gasteiger charge is 2.16. The zero-order chi connectivity index (χ0) is 13.8. The third kappa shape index (κ3) is 2.98. The Balaban J connectivity index is 2.22. The van der Waals surface area contributed by atoms with Crippen LogP contribution in [0.1, 0.15) is 10.5 Å². The average molecular weight is 280 g/mol. The Labute approximate surface area is 112 Å². The lowest BCUT2D eigenvalue weighted by Crippen LogP contribution is -2.06. The molecule has 2 heterocycles. The van der Waals surface area contributed by atoms with Gasteiger partial charge >= 0.3 is 5.97 Å². The summed E-state index contributed by atoms with van der Waals surface area (Å²) in [4.78, 5) is 19.0. The van der Waals surface area contributed by atoms with Gasteiger partial charge in [0.2, 0.25) is 0 Å². The van der Waals surface area contributed by atoms with Gasteiger partial charge in [0.15, 0.2) is 5.69 Å². The number of carboxylic acids is 1. The molecule has 0 aliphatic rings. The second-order valence-corrected chi connectivity index (χ2v) is 4.65. The van der Waals surface area contributed by atoms with Crippen molar-refractivity contribution >= 4 is 28.1 Å². The largest absolute Gasteiger partial charge is 0.476 e. The van der Waals surface area contributed by atoms with Crippen LogP contribution in [0.2, 0.25) is 0 Å². The van der Waals surface area contributed by atoms with Crippen LogP contribution in [-0.2, 0) is 0 Å². The third-order valence-electron chi connectivity index (χ3n) is 2.28. The summed E-state index contributed by atoms with van der Waals surface area (Å²) in [5, 5.41) is 21.2. The molecule has 0 atom stereocenters. The van der Waals surface area contributed by atoms with Crippen molar-refractivity contribution in [2.75, 3.05) is 24.2 Å². The van der Waals surface area contributed by atoms with E-state index in [1.165, 1.54) is 0 Å². The van der Waals surface area contributed by atoms with Gasteiger partial charge in [-0.2, -0.15) is 0 Å². The first-order chi connectivity index (χ1) is 9.11. The number of nitrogen functional groups attached to an aromatic ring is 1. The molecule has 19 heavy (non-hydrogen) atoms. The molecule has 0 saturated heterocycles. The number of nitrogens with one attached hydrogen (secondary N) is 1. The van der Waals surface area contributed by atoms with Gasteiger partial charge in [-0.05, 0) is 12.1 Å². The van der Waals surface area contributed by atoms with Crippen molar-refractivity contribution in [3.8, 4) is 10.6 Å². The summed E-state index contributed by atoms with van der Waals surface area (Å²) in [5.74, 6) is -0.519.